The van der Waals surface area contributed by atoms with Crippen LogP contribution in [0.4, 0.5) is 30.7 Å². The molecule has 0 unspecified atom stereocenters. The lowest BCUT2D eigenvalue weighted by Gasteiger charge is -2.30. The Morgan fingerprint density at radius 2 is 1.61 bits per heavy atom. The second-order valence-corrected chi connectivity index (χ2v) is 3.62. The Bertz CT molecular complexity index is 428. The van der Waals surface area contributed by atoms with Crippen LogP contribution < -0.4 is 5.32 Å². The number of amides is 1. The summed E-state index contributed by atoms with van der Waals surface area (Å²) in [6.07, 6.45) is -7.87. The number of carbonyl (C=O) groups is 1. The van der Waals surface area contributed by atoms with Crippen LogP contribution in [-0.4, -0.2) is 34.8 Å². The van der Waals surface area contributed by atoms with Gasteiger partial charge in [0.2, 0.25) is 5.91 Å². The molecule has 1 rings (SSSR count). The third-order valence-electron chi connectivity index (χ3n) is 1.92. The van der Waals surface area contributed by atoms with Gasteiger partial charge in [-0.2, -0.15) is 30.7 Å². The van der Waals surface area contributed by atoms with E-state index in [1.165, 1.54) is 0 Å². The van der Waals surface area contributed by atoms with Crippen LogP contribution >= 0.6 is 12.2 Å². The van der Waals surface area contributed by atoms with Gasteiger partial charge >= 0.3 is 18.0 Å². The summed E-state index contributed by atoms with van der Waals surface area (Å²) >= 11 is 4.17. The van der Waals surface area contributed by atoms with Gasteiger partial charge in [0, 0.05) is 0 Å². The molecule has 1 heterocycles. The lowest BCUT2D eigenvalue weighted by Crippen LogP contribution is -2.58. The highest BCUT2D eigenvalue weighted by atomic mass is 32.1. The first-order valence-corrected chi connectivity index (χ1v) is 4.54. The first-order chi connectivity index (χ1) is 7.89. The normalized spacial score (nSPS) is 18.5. The van der Waals surface area contributed by atoms with Crippen molar-refractivity contribution < 1.29 is 35.5 Å². The van der Waals surface area contributed by atoms with Gasteiger partial charge in [-0.3, -0.25) is 4.79 Å². The topological polar surface area (TPSA) is 41.5 Å². The molecule has 0 radical (unpaired) electrons. The Kier molecular flexibility index (Phi) is 3.40. The van der Waals surface area contributed by atoms with Gasteiger partial charge in [0.25, 0.3) is 0 Å². The minimum atomic E-state index is -6.48. The summed E-state index contributed by atoms with van der Waals surface area (Å²) < 4.78 is 87.0. The molecule has 1 aliphatic rings. The Balaban J connectivity index is 3.22. The average molecular weight is 296 g/mol. The average Bonchev–Trinajstić information content (AvgIpc) is 2.13. The van der Waals surface area contributed by atoms with E-state index in [9.17, 15) is 35.5 Å². The van der Waals surface area contributed by atoms with E-state index in [4.69, 9.17) is 0 Å². The van der Waals surface area contributed by atoms with Gasteiger partial charge in [-0.05, 0) is 12.2 Å². The molecule has 11 heteroatoms. The van der Waals surface area contributed by atoms with E-state index in [1.54, 1.807) is 5.32 Å². The molecule has 102 valence electrons. The summed E-state index contributed by atoms with van der Waals surface area (Å²) in [6.45, 7) is 0. The molecule has 0 saturated carbocycles. The van der Waals surface area contributed by atoms with Crippen LogP contribution in [0.25, 0.3) is 0 Å². The molecule has 0 aromatic heterocycles. The number of nitrogens with one attached hydrogen (secondary N) is 1. The maximum atomic E-state index is 13.1. The third-order valence-corrected chi connectivity index (χ3v) is 2.12. The van der Waals surface area contributed by atoms with Crippen molar-refractivity contribution in [2.24, 2.45) is 4.99 Å². The summed E-state index contributed by atoms with van der Waals surface area (Å²) in [5.41, 5.74) is -1.92. The number of halogens is 7. The number of hydrogen-bond donors (Lipinski definition) is 1. The second-order valence-electron chi connectivity index (χ2n) is 3.24. The summed E-state index contributed by atoms with van der Waals surface area (Å²) in [7, 11) is 0. The van der Waals surface area contributed by atoms with Crippen molar-refractivity contribution in [2.75, 3.05) is 0 Å². The fourth-order valence-electron chi connectivity index (χ4n) is 1.05. The zero-order valence-corrected chi connectivity index (χ0v) is 8.93. The van der Waals surface area contributed by atoms with Gasteiger partial charge in [0.05, 0.1) is 6.42 Å². The van der Waals surface area contributed by atoms with E-state index in [0.29, 0.717) is 0 Å². The number of carbonyl (C=O) groups excluding carboxylic acids is 1. The number of rotatable bonds is 2. The maximum absolute atomic E-state index is 13.1. The summed E-state index contributed by atoms with van der Waals surface area (Å²) in [6, 6.07) is 0. The quantitative estimate of drug-likeness (QED) is 0.626. The molecule has 1 amide bonds. The highest BCUT2D eigenvalue weighted by Gasteiger charge is 2.75. The van der Waals surface area contributed by atoms with Crippen LogP contribution in [0.15, 0.2) is 4.99 Å². The van der Waals surface area contributed by atoms with Gasteiger partial charge in [-0.15, -0.1) is 0 Å². The van der Waals surface area contributed by atoms with Gasteiger partial charge in [0.1, 0.15) is 5.71 Å². The Morgan fingerprint density at radius 3 is 2.00 bits per heavy atom. The van der Waals surface area contributed by atoms with Crippen molar-refractivity contribution in [3.05, 3.63) is 0 Å². The van der Waals surface area contributed by atoms with Crippen molar-refractivity contribution in [3.8, 4) is 0 Å². The van der Waals surface area contributed by atoms with E-state index in [2.05, 4.69) is 17.2 Å². The summed E-state index contributed by atoms with van der Waals surface area (Å²) in [4.78, 5) is 13.4. The number of alkyl halides is 7. The smallest absolute Gasteiger partial charge is 0.301 e. The first-order valence-electron chi connectivity index (χ1n) is 4.14. The van der Waals surface area contributed by atoms with Crippen molar-refractivity contribution in [3.63, 3.8) is 0 Å². The van der Waals surface area contributed by atoms with Crippen molar-refractivity contribution in [2.45, 2.75) is 24.4 Å². The van der Waals surface area contributed by atoms with Crippen molar-refractivity contribution in [1.82, 2.24) is 5.32 Å². The predicted molar refractivity (Wildman–Crippen MR) is 48.7 cm³/mol. The minimum absolute atomic E-state index is 0.890. The van der Waals surface area contributed by atoms with E-state index >= 15 is 0 Å². The van der Waals surface area contributed by atoms with Gasteiger partial charge in [-0.25, -0.2) is 4.99 Å². The molecule has 0 fully saturated rings. The van der Waals surface area contributed by atoms with Gasteiger partial charge in [0.15, 0.2) is 5.11 Å². The monoisotopic (exact) mass is 296 g/mol. The standard InChI is InChI=1S/C7H3F7N2OS/c8-5(9,6(10,11)7(12,13)14)2-1-3(17)16-4(18)15-2/h1H2,(H,16,17,18). The maximum Gasteiger partial charge on any atom is 0.460 e. The van der Waals surface area contributed by atoms with Crippen LogP contribution in [0.3, 0.4) is 0 Å². The van der Waals surface area contributed by atoms with Crippen LogP contribution in [0.2, 0.25) is 0 Å². The Labute approximate surface area is 100 Å². The zero-order chi connectivity index (χ0) is 14.4. The molecule has 1 aliphatic heterocycles. The highest BCUT2D eigenvalue weighted by molar-refractivity contribution is 7.80. The lowest BCUT2D eigenvalue weighted by molar-refractivity contribution is -0.336. The van der Waals surface area contributed by atoms with E-state index in [-0.39, 0.29) is 0 Å². The number of nitrogens with zero attached hydrogens (tertiary/aromatic N) is 1. The lowest BCUT2D eigenvalue weighted by atomic mass is 10.0. The first kappa shape index (κ1) is 14.8. The SMILES string of the molecule is O=C1CC(C(F)(F)C(F)(F)C(F)(F)F)=NC(=S)N1. The molecule has 0 aromatic rings. The molecule has 0 aromatic carbocycles. The number of thiocarbonyl (C=S) groups is 1. The fraction of sp³-hybridized carbons (Fsp3) is 0.571. The number of aliphatic imine (C=N–C) groups is 1. The molecule has 0 atom stereocenters. The predicted octanol–water partition coefficient (Wildman–Crippen LogP) is 2.07. The molecule has 0 aliphatic carbocycles. The largest absolute Gasteiger partial charge is 0.460 e. The molecule has 1 N–H and O–H groups in total. The van der Waals surface area contributed by atoms with Crippen LogP contribution in [0.5, 0.6) is 0 Å². The fourth-order valence-corrected chi connectivity index (χ4v) is 1.27. The second kappa shape index (κ2) is 4.14. The molecule has 3 nitrogen and oxygen atoms in total. The van der Waals surface area contributed by atoms with Crippen LogP contribution in [0.1, 0.15) is 6.42 Å². The molecular weight excluding hydrogens is 293 g/mol. The Morgan fingerprint density at radius 1 is 1.11 bits per heavy atom. The molecular formula is C7H3F7N2OS. The molecule has 18 heavy (non-hydrogen) atoms. The van der Waals surface area contributed by atoms with Gasteiger partial charge < -0.3 is 5.32 Å². The van der Waals surface area contributed by atoms with Crippen LogP contribution in [-0.2, 0) is 4.79 Å². The van der Waals surface area contributed by atoms with E-state index in [1.807, 2.05) is 0 Å². The van der Waals surface area contributed by atoms with E-state index < -0.39 is 41.2 Å². The Hall–Kier alpha value is -1.26. The highest BCUT2D eigenvalue weighted by Crippen LogP contribution is 2.47. The van der Waals surface area contributed by atoms with Crippen molar-refractivity contribution >= 4 is 28.9 Å². The molecule has 0 saturated heterocycles. The molecule has 0 bridgehead atoms. The minimum Gasteiger partial charge on any atom is -0.301 e. The van der Waals surface area contributed by atoms with E-state index in [0.717, 1.165) is 0 Å². The summed E-state index contributed by atoms with van der Waals surface area (Å²) in [5.74, 6) is -13.2. The van der Waals surface area contributed by atoms with Gasteiger partial charge in [-0.1, -0.05) is 0 Å². The van der Waals surface area contributed by atoms with Crippen molar-refractivity contribution in [1.29, 1.82) is 0 Å². The van der Waals surface area contributed by atoms with Crippen LogP contribution in [0, 0.1) is 0 Å². The zero-order valence-electron chi connectivity index (χ0n) is 8.12. The number of hydrogen-bond acceptors (Lipinski definition) is 2. The molecule has 0 spiro atoms. The summed E-state index contributed by atoms with van der Waals surface area (Å²) in [5, 5.41) is 0.827. The third kappa shape index (κ3) is 2.31.